The van der Waals surface area contributed by atoms with Gasteiger partial charge in [0.15, 0.2) is 0 Å². The molecule has 0 saturated carbocycles. The van der Waals surface area contributed by atoms with Gasteiger partial charge in [0.05, 0.1) is 18.8 Å². The predicted molar refractivity (Wildman–Crippen MR) is 160 cm³/mol. The third-order valence-corrected chi connectivity index (χ3v) is 7.20. The van der Waals surface area contributed by atoms with Crippen LogP contribution in [0.5, 0.6) is 0 Å². The molecule has 5 atom stereocenters. The molecule has 2 bridgehead atoms. The number of nitrogens with zero attached hydrogens (tertiary/aromatic N) is 3. The minimum atomic E-state index is -1.42. The van der Waals surface area contributed by atoms with E-state index in [4.69, 9.17) is 0 Å². The van der Waals surface area contributed by atoms with E-state index in [2.05, 4.69) is 36.9 Å². The Labute approximate surface area is 257 Å². The lowest BCUT2D eigenvalue weighted by molar-refractivity contribution is -0.136. The van der Waals surface area contributed by atoms with E-state index in [1.165, 1.54) is 6.92 Å². The molecule has 1 aromatic heterocycles. The molecular weight excluding hydrogens is 568 g/mol. The van der Waals surface area contributed by atoms with Crippen molar-refractivity contribution in [1.82, 2.24) is 41.6 Å². The molecule has 2 aromatic rings. The molecule has 240 valence electrons. The lowest BCUT2D eigenvalue weighted by Crippen LogP contribution is -2.60. The average Bonchev–Trinajstić information content (AvgIpc) is 3.43. The first kappa shape index (κ1) is 34.2. The lowest BCUT2D eigenvalue weighted by Gasteiger charge is -2.27. The second kappa shape index (κ2) is 16.5. The molecule has 3 rings (SSSR count). The van der Waals surface area contributed by atoms with Crippen molar-refractivity contribution < 1.29 is 29.1 Å². The van der Waals surface area contributed by atoms with Crippen LogP contribution in [0.2, 0.25) is 0 Å². The van der Waals surface area contributed by atoms with Crippen LogP contribution in [0, 0.1) is 5.92 Å². The van der Waals surface area contributed by atoms with Gasteiger partial charge in [0.2, 0.25) is 29.5 Å². The van der Waals surface area contributed by atoms with E-state index >= 15 is 0 Å². The van der Waals surface area contributed by atoms with Crippen molar-refractivity contribution >= 4 is 29.5 Å². The van der Waals surface area contributed by atoms with Crippen LogP contribution in [0.1, 0.15) is 64.6 Å². The maximum absolute atomic E-state index is 13.4. The lowest BCUT2D eigenvalue weighted by atomic mass is 10.0. The van der Waals surface area contributed by atoms with Crippen LogP contribution in [0.25, 0.3) is 0 Å². The summed E-state index contributed by atoms with van der Waals surface area (Å²) in [5.41, 5.74) is 1.27. The highest BCUT2D eigenvalue weighted by molar-refractivity contribution is 5.95. The Morgan fingerprint density at radius 2 is 1.57 bits per heavy atom. The zero-order chi connectivity index (χ0) is 32.2. The molecule has 5 amide bonds. The fourth-order valence-electron chi connectivity index (χ4n) is 4.81. The zero-order valence-electron chi connectivity index (χ0n) is 25.7. The minimum absolute atomic E-state index is 0.0416. The van der Waals surface area contributed by atoms with Crippen LogP contribution in [0.3, 0.4) is 0 Å². The van der Waals surface area contributed by atoms with Crippen LogP contribution in [-0.4, -0.2) is 79.9 Å². The predicted octanol–water partition coefficient (Wildman–Crippen LogP) is -0.293. The van der Waals surface area contributed by atoms with Gasteiger partial charge in [-0.3, -0.25) is 28.7 Å². The molecule has 14 heteroatoms. The standard InChI is InChI=1S/C30H44N8O6/c1-5-22-28(42)35-26(19(4)39)30(44)34-24(15-20-10-7-6-8-11-20)27(41)31-16-21-17-38(37-36-21)13-9-12-25(40)32-23(14-18(2)3)29(43)33-22/h6-8,10-11,17-19,22-24,26,39H,5,9,12-16H2,1-4H3,(H,31,41)(H,32,40)(H,33,43)(H,34,44)(H,35,42)/t19-,22+,23-,24+,26+/m1/s1. The van der Waals surface area contributed by atoms with Crippen molar-refractivity contribution in [3.05, 3.63) is 47.8 Å². The van der Waals surface area contributed by atoms with Crippen molar-refractivity contribution in [2.75, 3.05) is 0 Å². The SMILES string of the molecule is CC[C@@H]1NC(=O)[C@@H](CC(C)C)NC(=O)CCCn2cc(nn2)CNC(=O)[C@H](Cc2ccccc2)NC(=O)[C@H]([C@@H](C)O)NC1=O. The maximum atomic E-state index is 13.4. The van der Waals surface area contributed by atoms with Crippen molar-refractivity contribution in [2.45, 2.75) is 103 Å². The first-order valence-corrected chi connectivity index (χ1v) is 15.1. The molecule has 0 aliphatic carbocycles. The number of aryl methyl sites for hydroxylation is 1. The van der Waals surface area contributed by atoms with E-state index in [0.717, 1.165) is 5.56 Å². The molecule has 6 N–H and O–H groups in total. The number of carbonyl (C=O) groups is 5. The molecule has 0 saturated heterocycles. The molecule has 0 spiro atoms. The fraction of sp³-hybridized carbons (Fsp3) is 0.567. The summed E-state index contributed by atoms with van der Waals surface area (Å²) in [7, 11) is 0. The van der Waals surface area contributed by atoms with Gasteiger partial charge in [-0.25, -0.2) is 0 Å². The molecule has 0 radical (unpaired) electrons. The number of benzene rings is 1. The van der Waals surface area contributed by atoms with Crippen molar-refractivity contribution in [3.63, 3.8) is 0 Å². The van der Waals surface area contributed by atoms with Crippen LogP contribution in [0.15, 0.2) is 36.5 Å². The summed E-state index contributed by atoms with van der Waals surface area (Å²) >= 11 is 0. The van der Waals surface area contributed by atoms with E-state index in [9.17, 15) is 29.1 Å². The summed E-state index contributed by atoms with van der Waals surface area (Å²) in [6, 6.07) is 4.73. The molecule has 0 unspecified atom stereocenters. The van der Waals surface area contributed by atoms with Gasteiger partial charge in [-0.1, -0.05) is 56.3 Å². The van der Waals surface area contributed by atoms with E-state index in [0.29, 0.717) is 25.1 Å². The monoisotopic (exact) mass is 612 g/mol. The highest BCUT2D eigenvalue weighted by atomic mass is 16.3. The molecular formula is C30H44N8O6. The summed E-state index contributed by atoms with van der Waals surface area (Å²) in [6.45, 7) is 7.30. The number of aliphatic hydroxyl groups is 1. The molecule has 14 nitrogen and oxygen atoms in total. The fourth-order valence-corrected chi connectivity index (χ4v) is 4.81. The Morgan fingerprint density at radius 1 is 0.886 bits per heavy atom. The second-order valence-corrected chi connectivity index (χ2v) is 11.5. The number of hydrogen-bond donors (Lipinski definition) is 6. The van der Waals surface area contributed by atoms with Gasteiger partial charge in [-0.15, -0.1) is 5.10 Å². The maximum Gasteiger partial charge on any atom is 0.245 e. The van der Waals surface area contributed by atoms with Gasteiger partial charge in [-0.2, -0.15) is 0 Å². The summed E-state index contributed by atoms with van der Waals surface area (Å²) in [6.07, 6.45) is 1.59. The van der Waals surface area contributed by atoms with Crippen LogP contribution in [-0.2, 0) is 43.5 Å². The van der Waals surface area contributed by atoms with Gasteiger partial charge in [-0.05, 0) is 37.7 Å². The average molecular weight is 613 g/mol. The minimum Gasteiger partial charge on any atom is -0.391 e. The number of aromatic nitrogens is 3. The second-order valence-electron chi connectivity index (χ2n) is 11.5. The zero-order valence-corrected chi connectivity index (χ0v) is 25.7. The Balaban J connectivity index is 1.89. The Bertz CT molecular complexity index is 1280. The molecule has 1 aliphatic rings. The van der Waals surface area contributed by atoms with Gasteiger partial charge >= 0.3 is 0 Å². The van der Waals surface area contributed by atoms with E-state index < -0.39 is 53.9 Å². The number of carbonyl (C=O) groups excluding carboxylic acids is 5. The third kappa shape index (κ3) is 10.4. The smallest absolute Gasteiger partial charge is 0.245 e. The Morgan fingerprint density at radius 3 is 2.23 bits per heavy atom. The number of amides is 5. The van der Waals surface area contributed by atoms with Crippen molar-refractivity contribution in [1.29, 1.82) is 0 Å². The normalized spacial score (nSPS) is 23.8. The van der Waals surface area contributed by atoms with Crippen molar-refractivity contribution in [3.8, 4) is 0 Å². The van der Waals surface area contributed by atoms with Crippen molar-refractivity contribution in [2.24, 2.45) is 5.92 Å². The van der Waals surface area contributed by atoms with E-state index in [-0.39, 0.29) is 37.6 Å². The summed E-state index contributed by atoms with van der Waals surface area (Å²) in [4.78, 5) is 65.9. The van der Waals surface area contributed by atoms with Gasteiger partial charge in [0.1, 0.15) is 29.9 Å². The van der Waals surface area contributed by atoms with E-state index in [1.54, 1.807) is 17.8 Å². The Kier molecular flexibility index (Phi) is 12.8. The molecule has 1 aromatic carbocycles. The van der Waals surface area contributed by atoms with E-state index in [1.807, 2.05) is 44.2 Å². The summed E-state index contributed by atoms with van der Waals surface area (Å²) in [5, 5.41) is 32.0. The molecule has 1 aliphatic heterocycles. The Hall–Kier alpha value is -4.33. The van der Waals surface area contributed by atoms with Crippen LogP contribution >= 0.6 is 0 Å². The highest BCUT2D eigenvalue weighted by Crippen LogP contribution is 2.09. The number of hydrogen-bond acceptors (Lipinski definition) is 8. The first-order chi connectivity index (χ1) is 21.0. The number of nitrogens with one attached hydrogen (secondary N) is 5. The van der Waals surface area contributed by atoms with Crippen LogP contribution < -0.4 is 26.6 Å². The third-order valence-electron chi connectivity index (χ3n) is 7.20. The summed E-state index contributed by atoms with van der Waals surface area (Å²) < 4.78 is 1.56. The highest BCUT2D eigenvalue weighted by Gasteiger charge is 2.33. The van der Waals surface area contributed by atoms with Gasteiger partial charge in [0, 0.05) is 19.4 Å². The number of rotatable bonds is 6. The molecule has 44 heavy (non-hydrogen) atoms. The van der Waals surface area contributed by atoms with Gasteiger partial charge in [0.25, 0.3) is 0 Å². The topological polar surface area (TPSA) is 196 Å². The van der Waals surface area contributed by atoms with Gasteiger partial charge < -0.3 is 31.7 Å². The van der Waals surface area contributed by atoms with Crippen LogP contribution in [0.4, 0.5) is 0 Å². The molecule has 0 fully saturated rings. The summed E-state index contributed by atoms with van der Waals surface area (Å²) in [5.74, 6) is -2.73. The number of fused-ring (bicyclic) bond motifs is 2. The largest absolute Gasteiger partial charge is 0.391 e. The first-order valence-electron chi connectivity index (χ1n) is 15.1. The quantitative estimate of drug-likeness (QED) is 0.256. The number of aliphatic hydroxyl groups excluding tert-OH is 1. The molecule has 2 heterocycles.